The highest BCUT2D eigenvalue weighted by molar-refractivity contribution is 5.93. The highest BCUT2D eigenvalue weighted by Crippen LogP contribution is 2.27. The van der Waals surface area contributed by atoms with Crippen LogP contribution < -0.4 is 0 Å². The number of hydrogen-bond donors (Lipinski definition) is 1. The predicted molar refractivity (Wildman–Crippen MR) is 124 cm³/mol. The molecule has 0 bridgehead atoms. The summed E-state index contributed by atoms with van der Waals surface area (Å²) >= 11 is 0. The molecule has 1 N–H and O–H groups in total. The summed E-state index contributed by atoms with van der Waals surface area (Å²) in [5.74, 6) is -1.57. The molecule has 0 radical (unpaired) electrons. The molecule has 0 unspecified atom stereocenters. The second-order valence-corrected chi connectivity index (χ2v) is 8.17. The van der Waals surface area contributed by atoms with Crippen LogP contribution >= 0.6 is 0 Å². The molecule has 186 valence electrons. The number of halogens is 3. The first-order chi connectivity index (χ1) is 17.2. The van der Waals surface area contributed by atoms with E-state index in [1.165, 1.54) is 0 Å². The SMILES string of the molecule is O=C(O)C(F)(F)F.O=C(c1cccnc1)N1CCC(c2nc3ccc(-c4ccccc4)cn3n2)CC1. The first-order valence-electron chi connectivity index (χ1n) is 11.1. The third-order valence-electron chi connectivity index (χ3n) is 5.75. The van der Waals surface area contributed by atoms with Crippen LogP contribution in [0.5, 0.6) is 0 Å². The van der Waals surface area contributed by atoms with Gasteiger partial charge in [0.05, 0.1) is 5.56 Å². The number of likely N-dealkylation sites (tertiary alicyclic amines) is 1. The number of carboxylic acid groups (broad SMARTS) is 1. The van der Waals surface area contributed by atoms with Crippen LogP contribution in [0, 0.1) is 0 Å². The number of carbonyl (C=O) groups is 2. The van der Waals surface area contributed by atoms with Crippen molar-refractivity contribution in [1.82, 2.24) is 24.5 Å². The Morgan fingerprint density at radius 3 is 2.25 bits per heavy atom. The molecule has 4 heterocycles. The van der Waals surface area contributed by atoms with Crippen molar-refractivity contribution in [3.8, 4) is 11.1 Å². The number of fused-ring (bicyclic) bond motifs is 1. The molecule has 5 rings (SSSR count). The number of aromatic nitrogens is 4. The number of hydrogen-bond acceptors (Lipinski definition) is 5. The molecule has 1 saturated heterocycles. The van der Waals surface area contributed by atoms with E-state index in [2.05, 4.69) is 23.2 Å². The monoisotopic (exact) mass is 497 g/mol. The van der Waals surface area contributed by atoms with E-state index < -0.39 is 12.1 Å². The van der Waals surface area contributed by atoms with E-state index in [0.717, 1.165) is 35.4 Å². The number of carboxylic acids is 1. The number of benzene rings is 1. The Bertz CT molecular complexity index is 1340. The first-order valence-corrected chi connectivity index (χ1v) is 11.1. The third-order valence-corrected chi connectivity index (χ3v) is 5.75. The number of nitrogens with zero attached hydrogens (tertiary/aromatic N) is 5. The van der Waals surface area contributed by atoms with Crippen molar-refractivity contribution < 1.29 is 27.9 Å². The van der Waals surface area contributed by atoms with Crippen LogP contribution in [0.15, 0.2) is 73.2 Å². The molecule has 11 heteroatoms. The van der Waals surface area contributed by atoms with Gasteiger partial charge in [-0.25, -0.2) is 14.3 Å². The Balaban J connectivity index is 0.000000384. The quantitative estimate of drug-likeness (QED) is 0.449. The van der Waals surface area contributed by atoms with Gasteiger partial charge < -0.3 is 10.0 Å². The molecule has 1 aliphatic rings. The normalized spacial score (nSPS) is 14.2. The third kappa shape index (κ3) is 5.85. The molecular weight excluding hydrogens is 475 g/mol. The molecule has 1 amide bonds. The number of aliphatic carboxylic acids is 1. The zero-order valence-corrected chi connectivity index (χ0v) is 19.0. The van der Waals surface area contributed by atoms with Crippen LogP contribution in [0.4, 0.5) is 13.2 Å². The van der Waals surface area contributed by atoms with E-state index in [9.17, 15) is 18.0 Å². The molecule has 4 aromatic rings. The molecule has 1 aromatic carbocycles. The van der Waals surface area contributed by atoms with Crippen molar-refractivity contribution in [2.75, 3.05) is 13.1 Å². The van der Waals surface area contributed by atoms with Gasteiger partial charge in [0.1, 0.15) is 0 Å². The van der Waals surface area contributed by atoms with Crippen molar-refractivity contribution in [3.63, 3.8) is 0 Å². The second-order valence-electron chi connectivity index (χ2n) is 8.17. The summed E-state index contributed by atoms with van der Waals surface area (Å²) in [6.07, 6.45) is 1.99. The number of rotatable bonds is 3. The van der Waals surface area contributed by atoms with Crippen molar-refractivity contribution in [3.05, 3.63) is 84.6 Å². The van der Waals surface area contributed by atoms with Crippen molar-refractivity contribution in [2.24, 2.45) is 0 Å². The maximum absolute atomic E-state index is 12.6. The molecule has 1 fully saturated rings. The zero-order chi connectivity index (χ0) is 25.7. The lowest BCUT2D eigenvalue weighted by Gasteiger charge is -2.30. The van der Waals surface area contributed by atoms with Crippen LogP contribution in [-0.4, -0.2) is 60.7 Å². The lowest BCUT2D eigenvalue weighted by Crippen LogP contribution is -2.38. The van der Waals surface area contributed by atoms with Crippen molar-refractivity contribution in [2.45, 2.75) is 24.9 Å². The van der Waals surface area contributed by atoms with Gasteiger partial charge in [0.2, 0.25) is 0 Å². The first kappa shape index (κ1) is 24.8. The fourth-order valence-corrected chi connectivity index (χ4v) is 3.89. The van der Waals surface area contributed by atoms with Crippen LogP contribution in [0.3, 0.4) is 0 Å². The van der Waals surface area contributed by atoms with Crippen LogP contribution in [-0.2, 0) is 4.79 Å². The fourth-order valence-electron chi connectivity index (χ4n) is 3.89. The maximum Gasteiger partial charge on any atom is 0.490 e. The summed E-state index contributed by atoms with van der Waals surface area (Å²) in [5, 5.41) is 11.9. The Morgan fingerprint density at radius 1 is 0.944 bits per heavy atom. The van der Waals surface area contributed by atoms with Gasteiger partial charge in [-0.15, -0.1) is 0 Å². The average Bonchev–Trinajstić information content (AvgIpc) is 3.33. The smallest absolute Gasteiger partial charge is 0.475 e. The summed E-state index contributed by atoms with van der Waals surface area (Å²) in [6.45, 7) is 1.42. The fraction of sp³-hybridized carbons (Fsp3) is 0.240. The lowest BCUT2D eigenvalue weighted by molar-refractivity contribution is -0.192. The summed E-state index contributed by atoms with van der Waals surface area (Å²) in [6, 6.07) is 18.0. The standard InChI is InChI=1S/C23H21N5O.C2HF3O2/c29-23(19-7-4-12-24-15-19)27-13-10-18(11-14-27)22-25-21-9-8-20(16-28(21)26-22)17-5-2-1-3-6-17;3-2(4,5)1(6)7/h1-9,12,15-16,18H,10-11,13-14H2;(H,6,7). The summed E-state index contributed by atoms with van der Waals surface area (Å²) in [4.78, 5) is 32.2. The Morgan fingerprint density at radius 2 is 1.64 bits per heavy atom. The maximum atomic E-state index is 12.6. The van der Waals surface area contributed by atoms with E-state index in [1.54, 1.807) is 18.5 Å². The summed E-state index contributed by atoms with van der Waals surface area (Å²) in [5.41, 5.74) is 3.78. The number of pyridine rings is 2. The van der Waals surface area contributed by atoms with E-state index in [-0.39, 0.29) is 11.8 Å². The molecule has 0 atom stereocenters. The van der Waals surface area contributed by atoms with Gasteiger partial charge >= 0.3 is 12.1 Å². The molecular formula is C25H22F3N5O3. The lowest BCUT2D eigenvalue weighted by atomic mass is 9.96. The number of amides is 1. The van der Waals surface area contributed by atoms with Gasteiger partial charge in [-0.1, -0.05) is 30.3 Å². The second kappa shape index (κ2) is 10.5. The van der Waals surface area contributed by atoms with Gasteiger partial charge in [0.25, 0.3) is 5.91 Å². The molecule has 36 heavy (non-hydrogen) atoms. The minimum atomic E-state index is -5.08. The van der Waals surface area contributed by atoms with Crippen LogP contribution in [0.2, 0.25) is 0 Å². The molecule has 0 saturated carbocycles. The van der Waals surface area contributed by atoms with Gasteiger partial charge in [0, 0.05) is 43.2 Å². The number of carbonyl (C=O) groups excluding carboxylic acids is 1. The van der Waals surface area contributed by atoms with Gasteiger partial charge in [-0.3, -0.25) is 9.78 Å². The van der Waals surface area contributed by atoms with Gasteiger partial charge in [0.15, 0.2) is 11.5 Å². The Hall–Kier alpha value is -4.28. The largest absolute Gasteiger partial charge is 0.490 e. The van der Waals surface area contributed by atoms with E-state index in [1.807, 2.05) is 45.9 Å². The minimum absolute atomic E-state index is 0.0482. The van der Waals surface area contributed by atoms with E-state index >= 15 is 0 Å². The number of piperidine rings is 1. The van der Waals surface area contributed by atoms with Crippen molar-refractivity contribution in [1.29, 1.82) is 0 Å². The Labute approximate surface area is 204 Å². The summed E-state index contributed by atoms with van der Waals surface area (Å²) < 4.78 is 33.6. The highest BCUT2D eigenvalue weighted by atomic mass is 19.4. The van der Waals surface area contributed by atoms with Crippen LogP contribution in [0.25, 0.3) is 16.8 Å². The minimum Gasteiger partial charge on any atom is -0.475 e. The van der Waals surface area contributed by atoms with Gasteiger partial charge in [-0.05, 0) is 42.7 Å². The van der Waals surface area contributed by atoms with Gasteiger partial charge in [-0.2, -0.15) is 18.3 Å². The molecule has 0 spiro atoms. The van der Waals surface area contributed by atoms with Crippen molar-refractivity contribution >= 4 is 17.5 Å². The molecule has 1 aliphatic heterocycles. The molecule has 0 aliphatic carbocycles. The zero-order valence-electron chi connectivity index (χ0n) is 19.0. The summed E-state index contributed by atoms with van der Waals surface area (Å²) in [7, 11) is 0. The molecule has 8 nitrogen and oxygen atoms in total. The predicted octanol–water partition coefficient (Wildman–Crippen LogP) is 4.44. The van der Waals surface area contributed by atoms with E-state index in [0.29, 0.717) is 18.7 Å². The molecule has 3 aromatic heterocycles. The topological polar surface area (TPSA) is 101 Å². The number of alkyl halides is 3. The van der Waals surface area contributed by atoms with Crippen LogP contribution in [0.1, 0.15) is 34.9 Å². The highest BCUT2D eigenvalue weighted by Gasteiger charge is 2.38. The Kier molecular flexibility index (Phi) is 7.28. The van der Waals surface area contributed by atoms with E-state index in [4.69, 9.17) is 20.0 Å². The average molecular weight is 497 g/mol.